The molecular weight excluding hydrogens is 523 g/mol. The molecule has 0 aromatic heterocycles. The molecule has 0 aliphatic carbocycles. The molecule has 2 rings (SSSR count). The van der Waals surface area contributed by atoms with Crippen LogP contribution in [0.25, 0.3) is 10.6 Å². The van der Waals surface area contributed by atoms with Gasteiger partial charge in [0.05, 0.1) is 0 Å². The first-order valence-electron chi connectivity index (χ1n) is 11.0. The summed E-state index contributed by atoms with van der Waals surface area (Å²) in [5.41, 5.74) is 10.5. The summed E-state index contributed by atoms with van der Waals surface area (Å²) in [5.74, 6) is 0.0623. The molecule has 0 spiro atoms. The number of hydrogen-bond acceptors (Lipinski definition) is 2. The molecule has 0 atom stereocenters. The molecule has 0 unspecified atom stereocenters. The molecule has 0 aliphatic heterocycles. The van der Waals surface area contributed by atoms with Crippen LogP contribution in [0.15, 0.2) is 47.8 Å². The number of hydrogen-bond donors (Lipinski definition) is 0. The van der Waals surface area contributed by atoms with Gasteiger partial charge >= 0.3 is 33.3 Å². The Morgan fingerprint density at radius 1 is 0.629 bits per heavy atom. The number of ketones is 2. The van der Waals surface area contributed by atoms with E-state index < -0.39 is 0 Å². The summed E-state index contributed by atoms with van der Waals surface area (Å²) in [6.07, 6.45) is 3.11. The first-order valence-corrected chi connectivity index (χ1v) is 14.1. The molecule has 0 aliphatic rings. The van der Waals surface area contributed by atoms with Gasteiger partial charge in [0.2, 0.25) is 0 Å². The van der Waals surface area contributed by atoms with Crippen molar-refractivity contribution in [2.75, 3.05) is 0 Å². The van der Waals surface area contributed by atoms with E-state index in [9.17, 15) is 9.59 Å². The average Bonchev–Trinajstić information content (AvgIpc) is 2.67. The van der Waals surface area contributed by atoms with Crippen LogP contribution < -0.4 is 0 Å². The van der Waals surface area contributed by atoms with Crippen LogP contribution in [0.1, 0.15) is 61.1 Å². The normalized spacial score (nSPS) is 11.1. The Kier molecular flexibility index (Phi) is 15.6. The first-order chi connectivity index (χ1) is 16.2. The zero-order valence-electron chi connectivity index (χ0n) is 22.3. The van der Waals surface area contributed by atoms with Crippen molar-refractivity contribution >= 4 is 43.1 Å². The van der Waals surface area contributed by atoms with Crippen molar-refractivity contribution < 1.29 is 22.7 Å². The molecule has 0 amide bonds. The Morgan fingerprint density at radius 3 is 1.06 bits per heavy atom. The molecule has 194 valence electrons. The Hall–Kier alpha value is -2.04. The second kappa shape index (κ2) is 16.6. The number of carbonyl (C=O) groups is 2. The van der Waals surface area contributed by atoms with E-state index in [0.29, 0.717) is 0 Å². The van der Waals surface area contributed by atoms with E-state index >= 15 is 0 Å². The monoisotopic (exact) mass is 558 g/mol. The second-order valence-corrected chi connectivity index (χ2v) is 10.4. The number of benzene rings is 2. The van der Waals surface area contributed by atoms with Crippen LogP contribution in [0.3, 0.4) is 0 Å². The van der Waals surface area contributed by atoms with Crippen LogP contribution in [0.2, 0.25) is 0 Å². The molecule has 4 nitrogen and oxygen atoms in total. The van der Waals surface area contributed by atoms with Crippen LogP contribution in [0.5, 0.6) is 0 Å². The molecule has 0 radical (unpaired) electrons. The van der Waals surface area contributed by atoms with Gasteiger partial charge in [-0.3, -0.25) is 9.59 Å². The van der Waals surface area contributed by atoms with Crippen LogP contribution in [0, 0.1) is 41.5 Å². The quantitative estimate of drug-likeness (QED) is 0.261. The summed E-state index contributed by atoms with van der Waals surface area (Å²) in [6.45, 7) is 19.1. The van der Waals surface area contributed by atoms with Gasteiger partial charge in [-0.05, 0) is 67.5 Å². The van der Waals surface area contributed by atoms with E-state index in [0.717, 1.165) is 45.0 Å². The van der Waals surface area contributed by atoms with E-state index in [-0.39, 0.29) is 24.7 Å². The SMILES string of the molecule is CC(=O)/C=C(/C)[N-]c1c(C)cc(C)cc1C.CC(=O)/C=C(/C)[N-]c1c(C)cc(C)cc1C.[Cl][Fe][Cl]. The molecule has 0 heterocycles. The van der Waals surface area contributed by atoms with E-state index in [4.69, 9.17) is 20.2 Å². The van der Waals surface area contributed by atoms with Gasteiger partial charge in [0.25, 0.3) is 0 Å². The zero-order valence-corrected chi connectivity index (χ0v) is 24.9. The van der Waals surface area contributed by atoms with Crippen molar-refractivity contribution in [2.24, 2.45) is 0 Å². The Morgan fingerprint density at radius 2 is 0.857 bits per heavy atom. The van der Waals surface area contributed by atoms with E-state index in [2.05, 4.69) is 48.7 Å². The fraction of sp³-hybridized carbons (Fsp3) is 0.357. The predicted molar refractivity (Wildman–Crippen MR) is 148 cm³/mol. The zero-order chi connectivity index (χ0) is 27.3. The van der Waals surface area contributed by atoms with Crippen molar-refractivity contribution in [3.05, 3.63) is 91.8 Å². The number of rotatable bonds is 6. The molecule has 7 heteroatoms. The van der Waals surface area contributed by atoms with E-state index in [1.807, 2.05) is 41.5 Å². The molecule has 0 fully saturated rings. The maximum absolute atomic E-state index is 10.9. The summed E-state index contributed by atoms with van der Waals surface area (Å²) in [4.78, 5) is 21.9. The van der Waals surface area contributed by atoms with Crippen molar-refractivity contribution in [3.8, 4) is 0 Å². The number of aryl methyl sites for hydroxylation is 6. The van der Waals surface area contributed by atoms with Gasteiger partial charge in [0.1, 0.15) is 0 Å². The van der Waals surface area contributed by atoms with Crippen LogP contribution in [-0.2, 0) is 22.7 Å². The predicted octanol–water partition coefficient (Wildman–Crippen LogP) is 9.60. The molecule has 2 aromatic rings. The molecular formula is C28H36Cl2FeN2O2-2. The molecule has 0 saturated carbocycles. The first kappa shape index (κ1) is 33.0. The number of carbonyl (C=O) groups excluding carboxylic acids is 2. The van der Waals surface area contributed by atoms with E-state index in [1.165, 1.54) is 25.0 Å². The van der Waals surface area contributed by atoms with Crippen LogP contribution in [0.4, 0.5) is 11.4 Å². The Bertz CT molecular complexity index is 961. The average molecular weight is 559 g/mol. The van der Waals surface area contributed by atoms with Crippen molar-refractivity contribution in [1.29, 1.82) is 0 Å². The minimum atomic E-state index is 0.0312. The maximum atomic E-state index is 10.9. The third-order valence-electron chi connectivity index (χ3n) is 4.67. The van der Waals surface area contributed by atoms with Gasteiger partial charge in [0, 0.05) is 0 Å². The van der Waals surface area contributed by atoms with Gasteiger partial charge in [-0.1, -0.05) is 71.5 Å². The Balaban J connectivity index is 0.000000594. The number of halogens is 2. The fourth-order valence-corrected chi connectivity index (χ4v) is 3.70. The number of allylic oxidation sites excluding steroid dienone is 4. The molecule has 0 N–H and O–H groups in total. The summed E-state index contributed by atoms with van der Waals surface area (Å²) in [6, 6.07) is 8.42. The summed E-state index contributed by atoms with van der Waals surface area (Å²) in [5, 5.41) is 8.96. The van der Waals surface area contributed by atoms with Crippen molar-refractivity contribution in [3.63, 3.8) is 0 Å². The summed E-state index contributed by atoms with van der Waals surface area (Å²) >= 11 is 0.194. The number of nitrogens with zero attached hydrogens (tertiary/aromatic N) is 2. The third-order valence-corrected chi connectivity index (χ3v) is 4.67. The second-order valence-electron chi connectivity index (χ2n) is 8.56. The third kappa shape index (κ3) is 13.6. The van der Waals surface area contributed by atoms with Crippen LogP contribution >= 0.6 is 20.2 Å². The summed E-state index contributed by atoms with van der Waals surface area (Å²) in [7, 11) is 9.53. The molecule has 35 heavy (non-hydrogen) atoms. The fourth-order valence-electron chi connectivity index (χ4n) is 3.70. The van der Waals surface area contributed by atoms with Gasteiger partial charge in [-0.25, -0.2) is 0 Å². The van der Waals surface area contributed by atoms with Crippen molar-refractivity contribution in [1.82, 2.24) is 0 Å². The Labute approximate surface area is 226 Å². The van der Waals surface area contributed by atoms with Gasteiger partial charge < -0.3 is 10.6 Å². The van der Waals surface area contributed by atoms with Crippen LogP contribution in [-0.4, -0.2) is 11.6 Å². The summed E-state index contributed by atoms with van der Waals surface area (Å²) < 4.78 is 0. The minimum absolute atomic E-state index is 0.0312. The standard InChI is InChI=1S/2C14H19NO.2ClH.Fe/c2*1-9-6-10(2)14(11(3)7-9)15-12(4)8-13(5)16;;;/h2*6-8H,1-5H3,(H,15,16);2*1H;/q;;;;+2/p-4. The molecule has 0 saturated heterocycles. The van der Waals surface area contributed by atoms with Crippen molar-refractivity contribution in [2.45, 2.75) is 69.2 Å². The topological polar surface area (TPSA) is 62.3 Å². The van der Waals surface area contributed by atoms with Gasteiger partial charge in [0.15, 0.2) is 11.6 Å². The molecule has 2 aromatic carbocycles. The molecule has 0 bridgehead atoms. The van der Waals surface area contributed by atoms with Gasteiger partial charge in [-0.15, -0.1) is 11.4 Å². The van der Waals surface area contributed by atoms with Gasteiger partial charge in [-0.2, -0.15) is 11.4 Å². The van der Waals surface area contributed by atoms with E-state index in [1.54, 1.807) is 12.2 Å².